The van der Waals surface area contributed by atoms with Gasteiger partial charge in [0.05, 0.1) is 30.0 Å². The fraction of sp³-hybridized carbons (Fsp3) is 0.118. The van der Waals surface area contributed by atoms with Crippen LogP contribution in [0.25, 0.3) is 10.2 Å². The van der Waals surface area contributed by atoms with Gasteiger partial charge in [-0.1, -0.05) is 11.3 Å². The number of ether oxygens (including phenoxy) is 2. The summed E-state index contributed by atoms with van der Waals surface area (Å²) in [4.78, 5) is 27.9. The van der Waals surface area contributed by atoms with E-state index in [9.17, 15) is 9.59 Å². The zero-order valence-electron chi connectivity index (χ0n) is 13.5. The summed E-state index contributed by atoms with van der Waals surface area (Å²) < 4.78 is 10.7. The summed E-state index contributed by atoms with van der Waals surface area (Å²) in [7, 11) is 2.91. The maximum atomic E-state index is 12.2. The van der Waals surface area contributed by atoms with E-state index >= 15 is 0 Å². The molecule has 0 fully saturated rings. The van der Waals surface area contributed by atoms with Crippen LogP contribution in [-0.4, -0.2) is 31.1 Å². The summed E-state index contributed by atoms with van der Waals surface area (Å²) in [6.07, 6.45) is 0. The molecule has 2 N–H and O–H groups in total. The minimum atomic E-state index is -0.449. The Morgan fingerprint density at radius 3 is 2.44 bits per heavy atom. The molecule has 8 heteroatoms. The van der Waals surface area contributed by atoms with Crippen molar-refractivity contribution in [3.8, 4) is 5.75 Å². The molecule has 0 aliphatic carbocycles. The standard InChI is InChI=1S/C17H15N3O4S/c1-23-12-7-8-13-14(9-12)25-17(18-13)20-19-15(21)10-3-5-11(6-4-10)16(22)24-2/h3-9H,1-2H3,(H,18,20)(H,19,21). The van der Waals surface area contributed by atoms with Crippen molar-refractivity contribution < 1.29 is 19.1 Å². The number of carbonyl (C=O) groups excluding carboxylic acids is 2. The average Bonchev–Trinajstić information content (AvgIpc) is 3.07. The van der Waals surface area contributed by atoms with Gasteiger partial charge in [0.2, 0.25) is 5.13 Å². The van der Waals surface area contributed by atoms with Crippen LogP contribution < -0.4 is 15.6 Å². The highest BCUT2D eigenvalue weighted by Gasteiger charge is 2.10. The Morgan fingerprint density at radius 2 is 1.76 bits per heavy atom. The van der Waals surface area contributed by atoms with Gasteiger partial charge in [-0.15, -0.1) is 0 Å². The molecule has 0 unspecified atom stereocenters. The van der Waals surface area contributed by atoms with Gasteiger partial charge >= 0.3 is 5.97 Å². The molecule has 1 heterocycles. The number of nitrogens with one attached hydrogen (secondary N) is 2. The first kappa shape index (κ1) is 16.7. The third-order valence-electron chi connectivity index (χ3n) is 3.45. The van der Waals surface area contributed by atoms with E-state index in [1.165, 1.54) is 30.6 Å². The summed E-state index contributed by atoms with van der Waals surface area (Å²) >= 11 is 1.40. The maximum Gasteiger partial charge on any atom is 0.337 e. The highest BCUT2D eigenvalue weighted by atomic mass is 32.1. The zero-order chi connectivity index (χ0) is 17.8. The largest absolute Gasteiger partial charge is 0.497 e. The van der Waals surface area contributed by atoms with E-state index in [0.29, 0.717) is 16.3 Å². The summed E-state index contributed by atoms with van der Waals surface area (Å²) in [6, 6.07) is 11.7. The van der Waals surface area contributed by atoms with Crippen molar-refractivity contribution in [3.63, 3.8) is 0 Å². The van der Waals surface area contributed by atoms with E-state index in [1.807, 2.05) is 18.2 Å². The first-order chi connectivity index (χ1) is 12.1. The highest BCUT2D eigenvalue weighted by molar-refractivity contribution is 7.22. The van der Waals surface area contributed by atoms with Crippen molar-refractivity contribution in [2.75, 3.05) is 19.6 Å². The van der Waals surface area contributed by atoms with Gasteiger partial charge in [0.1, 0.15) is 5.75 Å². The molecule has 0 saturated carbocycles. The normalized spacial score (nSPS) is 10.3. The van der Waals surface area contributed by atoms with Crippen molar-refractivity contribution in [1.29, 1.82) is 0 Å². The smallest absolute Gasteiger partial charge is 0.337 e. The molecule has 1 aromatic heterocycles. The van der Waals surface area contributed by atoms with Crippen molar-refractivity contribution in [3.05, 3.63) is 53.6 Å². The molecule has 0 atom stereocenters. The maximum absolute atomic E-state index is 12.2. The Kier molecular flexibility index (Phi) is 4.80. The van der Waals surface area contributed by atoms with Crippen LogP contribution in [0.2, 0.25) is 0 Å². The van der Waals surface area contributed by atoms with Crippen LogP contribution in [0.3, 0.4) is 0 Å². The Bertz CT molecular complexity index is 921. The van der Waals surface area contributed by atoms with E-state index in [0.717, 1.165) is 16.0 Å². The number of esters is 1. The second kappa shape index (κ2) is 7.18. The Labute approximate surface area is 147 Å². The molecule has 3 rings (SSSR count). The lowest BCUT2D eigenvalue weighted by molar-refractivity contribution is 0.0600. The second-order valence-electron chi connectivity index (χ2n) is 5.00. The number of methoxy groups -OCH3 is 2. The fourth-order valence-electron chi connectivity index (χ4n) is 2.14. The lowest BCUT2D eigenvalue weighted by atomic mass is 10.1. The summed E-state index contributed by atoms with van der Waals surface area (Å²) in [6.45, 7) is 0. The number of amides is 1. The second-order valence-corrected chi connectivity index (χ2v) is 6.03. The minimum absolute atomic E-state index is 0.340. The lowest BCUT2D eigenvalue weighted by Gasteiger charge is -2.06. The summed E-state index contributed by atoms with van der Waals surface area (Å²) in [5, 5.41) is 0.558. The summed E-state index contributed by atoms with van der Waals surface area (Å²) in [5.41, 5.74) is 6.97. The fourth-order valence-corrected chi connectivity index (χ4v) is 2.99. The Hall–Kier alpha value is -3.13. The molecule has 128 valence electrons. The predicted molar refractivity (Wildman–Crippen MR) is 95.0 cm³/mol. The van der Waals surface area contributed by atoms with E-state index in [4.69, 9.17) is 4.74 Å². The molecule has 0 bridgehead atoms. The van der Waals surface area contributed by atoms with Gasteiger partial charge in [-0.05, 0) is 42.5 Å². The monoisotopic (exact) mass is 357 g/mol. The average molecular weight is 357 g/mol. The van der Waals surface area contributed by atoms with E-state index < -0.39 is 5.97 Å². The Balaban J connectivity index is 1.66. The van der Waals surface area contributed by atoms with Gasteiger partial charge in [0.25, 0.3) is 5.91 Å². The van der Waals surface area contributed by atoms with Gasteiger partial charge in [-0.3, -0.25) is 15.6 Å². The topological polar surface area (TPSA) is 89.6 Å². The van der Waals surface area contributed by atoms with E-state index in [-0.39, 0.29) is 5.91 Å². The van der Waals surface area contributed by atoms with Crippen LogP contribution >= 0.6 is 11.3 Å². The number of hydrazine groups is 1. The molecule has 1 amide bonds. The molecular formula is C17H15N3O4S. The van der Waals surface area contributed by atoms with Crippen LogP contribution in [0.1, 0.15) is 20.7 Å². The Morgan fingerprint density at radius 1 is 1.04 bits per heavy atom. The first-order valence-electron chi connectivity index (χ1n) is 7.30. The van der Waals surface area contributed by atoms with Gasteiger partial charge in [0, 0.05) is 5.56 Å². The molecule has 0 aliphatic rings. The van der Waals surface area contributed by atoms with Gasteiger partial charge < -0.3 is 9.47 Å². The summed E-state index contributed by atoms with van der Waals surface area (Å²) in [5.74, 6) is -0.0410. The van der Waals surface area contributed by atoms with Crippen molar-refractivity contribution >= 4 is 38.6 Å². The van der Waals surface area contributed by atoms with Gasteiger partial charge in [0.15, 0.2) is 0 Å². The highest BCUT2D eigenvalue weighted by Crippen LogP contribution is 2.28. The number of anilines is 1. The van der Waals surface area contributed by atoms with E-state index in [1.54, 1.807) is 19.2 Å². The molecule has 25 heavy (non-hydrogen) atoms. The predicted octanol–water partition coefficient (Wildman–Crippen LogP) is 2.85. The number of benzene rings is 2. The van der Waals surface area contributed by atoms with E-state index in [2.05, 4.69) is 20.6 Å². The third-order valence-corrected chi connectivity index (χ3v) is 4.38. The van der Waals surface area contributed by atoms with Gasteiger partial charge in [-0.25, -0.2) is 9.78 Å². The number of nitrogens with zero attached hydrogens (tertiary/aromatic N) is 1. The molecule has 7 nitrogen and oxygen atoms in total. The number of fused-ring (bicyclic) bond motifs is 1. The van der Waals surface area contributed by atoms with Crippen LogP contribution in [0, 0.1) is 0 Å². The first-order valence-corrected chi connectivity index (χ1v) is 8.11. The zero-order valence-corrected chi connectivity index (χ0v) is 14.3. The molecule has 2 aromatic carbocycles. The number of rotatable bonds is 5. The van der Waals surface area contributed by atoms with Crippen molar-refractivity contribution in [2.24, 2.45) is 0 Å². The molecule has 0 aliphatic heterocycles. The van der Waals surface area contributed by atoms with Crippen molar-refractivity contribution in [2.45, 2.75) is 0 Å². The van der Waals surface area contributed by atoms with Crippen LogP contribution in [-0.2, 0) is 4.74 Å². The van der Waals surface area contributed by atoms with Crippen LogP contribution in [0.15, 0.2) is 42.5 Å². The number of hydrogen-bond donors (Lipinski definition) is 2. The number of hydrogen-bond acceptors (Lipinski definition) is 7. The SMILES string of the molecule is COC(=O)c1ccc(C(=O)NNc2nc3ccc(OC)cc3s2)cc1. The molecule has 0 spiro atoms. The third kappa shape index (κ3) is 3.69. The molecule has 0 radical (unpaired) electrons. The molecule has 0 saturated heterocycles. The number of thiazole rings is 1. The lowest BCUT2D eigenvalue weighted by Crippen LogP contribution is -2.29. The number of carbonyl (C=O) groups is 2. The molecular weight excluding hydrogens is 342 g/mol. The van der Waals surface area contributed by atoms with Crippen LogP contribution in [0.4, 0.5) is 5.13 Å². The van der Waals surface area contributed by atoms with Crippen molar-refractivity contribution in [1.82, 2.24) is 10.4 Å². The van der Waals surface area contributed by atoms with Crippen LogP contribution in [0.5, 0.6) is 5.75 Å². The van der Waals surface area contributed by atoms with Gasteiger partial charge in [-0.2, -0.15) is 0 Å². The number of aromatic nitrogens is 1. The minimum Gasteiger partial charge on any atom is -0.497 e. The quantitative estimate of drug-likeness (QED) is 0.539. The molecule has 3 aromatic rings.